The molecule has 0 unspecified atom stereocenters. The van der Waals surface area contributed by atoms with Gasteiger partial charge in [-0.25, -0.2) is 0 Å². The van der Waals surface area contributed by atoms with Crippen LogP contribution in [0.5, 0.6) is 0 Å². The van der Waals surface area contributed by atoms with Crippen molar-refractivity contribution in [2.75, 3.05) is 13.1 Å². The number of hydrogen-bond acceptors (Lipinski definition) is 2. The minimum atomic E-state index is -0.341. The molecule has 1 heterocycles. The van der Waals surface area contributed by atoms with E-state index in [4.69, 9.17) is 0 Å². The van der Waals surface area contributed by atoms with Crippen LogP contribution in [-0.4, -0.2) is 35.1 Å². The van der Waals surface area contributed by atoms with Gasteiger partial charge in [-0.3, -0.25) is 4.79 Å². The lowest BCUT2D eigenvalue weighted by molar-refractivity contribution is 0.0765. The molecule has 3 nitrogen and oxygen atoms in total. The summed E-state index contributed by atoms with van der Waals surface area (Å²) < 4.78 is 0. The van der Waals surface area contributed by atoms with Crippen molar-refractivity contribution in [3.05, 3.63) is 34.9 Å². The average molecular weight is 245 g/mol. The number of aryl methyl sites for hydroxylation is 2. The van der Waals surface area contributed by atoms with Gasteiger partial charge in [0, 0.05) is 18.7 Å². The zero-order valence-corrected chi connectivity index (χ0v) is 10.6. The number of rotatable bonds is 1. The van der Waals surface area contributed by atoms with Crippen LogP contribution in [0.4, 0.5) is 0 Å². The second-order valence-electron chi connectivity index (χ2n) is 5.38. The third-order valence-electron chi connectivity index (χ3n) is 4.05. The Kier molecular flexibility index (Phi) is 3.08. The topological polar surface area (TPSA) is 40.5 Å². The highest BCUT2D eigenvalue weighted by Crippen LogP contribution is 2.23. The summed E-state index contributed by atoms with van der Waals surface area (Å²) in [4.78, 5) is 14.1. The molecule has 1 aromatic carbocycles. The lowest BCUT2D eigenvalue weighted by Crippen LogP contribution is -2.29. The average Bonchev–Trinajstić information content (AvgIpc) is 2.84. The third kappa shape index (κ3) is 2.15. The molecule has 1 amide bonds. The summed E-state index contributed by atoms with van der Waals surface area (Å²) in [6, 6.07) is 6.10. The Bertz CT molecular complexity index is 470. The number of amides is 1. The van der Waals surface area contributed by atoms with E-state index in [0.29, 0.717) is 19.5 Å². The van der Waals surface area contributed by atoms with Gasteiger partial charge in [0.15, 0.2) is 0 Å². The van der Waals surface area contributed by atoms with Crippen molar-refractivity contribution in [3.63, 3.8) is 0 Å². The molecule has 1 aliphatic carbocycles. The predicted molar refractivity (Wildman–Crippen MR) is 69.6 cm³/mol. The lowest BCUT2D eigenvalue weighted by Gasteiger charge is -2.19. The predicted octanol–water partition coefficient (Wildman–Crippen LogP) is 1.77. The Balaban J connectivity index is 1.81. The maximum atomic E-state index is 12.3. The smallest absolute Gasteiger partial charge is 0.253 e. The van der Waals surface area contributed by atoms with Crippen LogP contribution in [0.2, 0.25) is 0 Å². The molecule has 1 fully saturated rings. The molecule has 3 heteroatoms. The monoisotopic (exact) mass is 245 g/mol. The summed E-state index contributed by atoms with van der Waals surface area (Å²) in [6.07, 6.45) is 5.10. The molecule has 0 radical (unpaired) electrons. The van der Waals surface area contributed by atoms with Crippen molar-refractivity contribution in [3.8, 4) is 0 Å². The normalized spacial score (nSPS) is 22.9. The first-order valence-electron chi connectivity index (χ1n) is 6.83. The van der Waals surface area contributed by atoms with Crippen molar-refractivity contribution in [2.24, 2.45) is 0 Å². The fraction of sp³-hybridized carbons (Fsp3) is 0.533. The van der Waals surface area contributed by atoms with Crippen LogP contribution in [0, 0.1) is 0 Å². The van der Waals surface area contributed by atoms with Crippen molar-refractivity contribution >= 4 is 5.91 Å². The van der Waals surface area contributed by atoms with Crippen LogP contribution < -0.4 is 0 Å². The Morgan fingerprint density at radius 3 is 2.72 bits per heavy atom. The maximum absolute atomic E-state index is 12.3. The summed E-state index contributed by atoms with van der Waals surface area (Å²) in [6.45, 7) is 1.16. The minimum Gasteiger partial charge on any atom is -0.391 e. The minimum absolute atomic E-state index is 0.0694. The second-order valence-corrected chi connectivity index (χ2v) is 5.38. The molecule has 1 atom stereocenters. The summed E-state index contributed by atoms with van der Waals surface area (Å²) in [7, 11) is 0. The lowest BCUT2D eigenvalue weighted by atomic mass is 9.90. The van der Waals surface area contributed by atoms with Gasteiger partial charge in [0.25, 0.3) is 5.91 Å². The number of likely N-dealkylation sites (tertiary alicyclic amines) is 1. The summed E-state index contributed by atoms with van der Waals surface area (Å²) in [5, 5.41) is 9.49. The second kappa shape index (κ2) is 4.73. The molecule has 0 saturated carbocycles. The van der Waals surface area contributed by atoms with Crippen molar-refractivity contribution in [2.45, 2.75) is 38.2 Å². The molecule has 1 saturated heterocycles. The highest BCUT2D eigenvalue weighted by Gasteiger charge is 2.25. The fourth-order valence-corrected chi connectivity index (χ4v) is 2.98. The molecule has 18 heavy (non-hydrogen) atoms. The van der Waals surface area contributed by atoms with E-state index in [2.05, 4.69) is 12.1 Å². The maximum Gasteiger partial charge on any atom is 0.253 e. The van der Waals surface area contributed by atoms with Gasteiger partial charge in [0.2, 0.25) is 0 Å². The summed E-state index contributed by atoms with van der Waals surface area (Å²) in [5.74, 6) is 0.0694. The number of β-amino-alcohol motifs (C(OH)–C–C–N with tert-alkyl or cyclic N) is 1. The van der Waals surface area contributed by atoms with Crippen LogP contribution in [-0.2, 0) is 12.8 Å². The number of aliphatic hydroxyl groups excluding tert-OH is 1. The Hall–Kier alpha value is -1.35. The number of aliphatic hydroxyl groups is 1. The van der Waals surface area contributed by atoms with Crippen LogP contribution in [0.15, 0.2) is 18.2 Å². The Labute approximate surface area is 107 Å². The van der Waals surface area contributed by atoms with Gasteiger partial charge >= 0.3 is 0 Å². The first kappa shape index (κ1) is 11.7. The van der Waals surface area contributed by atoms with Crippen LogP contribution in [0.3, 0.4) is 0 Å². The molecular formula is C15H19NO2. The third-order valence-corrected chi connectivity index (χ3v) is 4.05. The first-order valence-corrected chi connectivity index (χ1v) is 6.83. The van der Waals surface area contributed by atoms with E-state index >= 15 is 0 Å². The van der Waals surface area contributed by atoms with Gasteiger partial charge in [-0.15, -0.1) is 0 Å². The van der Waals surface area contributed by atoms with Gasteiger partial charge in [-0.2, -0.15) is 0 Å². The van der Waals surface area contributed by atoms with E-state index < -0.39 is 0 Å². The van der Waals surface area contributed by atoms with E-state index in [-0.39, 0.29) is 12.0 Å². The summed E-state index contributed by atoms with van der Waals surface area (Å²) >= 11 is 0. The molecule has 0 bridgehead atoms. The highest BCUT2D eigenvalue weighted by molar-refractivity contribution is 5.94. The van der Waals surface area contributed by atoms with Crippen molar-refractivity contribution < 1.29 is 9.90 Å². The largest absolute Gasteiger partial charge is 0.391 e. The van der Waals surface area contributed by atoms with E-state index in [0.717, 1.165) is 18.4 Å². The van der Waals surface area contributed by atoms with E-state index in [1.807, 2.05) is 6.07 Å². The Morgan fingerprint density at radius 1 is 1.22 bits per heavy atom. The molecule has 1 aromatic rings. The molecule has 96 valence electrons. The number of carbonyl (C=O) groups is 1. The molecule has 2 aliphatic rings. The summed E-state index contributed by atoms with van der Waals surface area (Å²) in [5.41, 5.74) is 3.52. The van der Waals surface area contributed by atoms with Crippen molar-refractivity contribution in [1.82, 2.24) is 4.90 Å². The number of hydrogen-bond donors (Lipinski definition) is 1. The zero-order valence-electron chi connectivity index (χ0n) is 10.6. The van der Waals surface area contributed by atoms with Gasteiger partial charge in [0.1, 0.15) is 0 Å². The fourth-order valence-electron chi connectivity index (χ4n) is 2.98. The standard InChI is InChI=1S/C15H19NO2/c17-14-7-8-16(10-14)15(18)13-6-5-11-3-1-2-4-12(11)9-13/h5-6,9,14,17H,1-4,7-8,10H2/t14-/m1/s1. The van der Waals surface area contributed by atoms with E-state index in [1.165, 1.54) is 24.0 Å². The van der Waals surface area contributed by atoms with Crippen LogP contribution in [0.1, 0.15) is 40.7 Å². The molecule has 0 spiro atoms. The van der Waals surface area contributed by atoms with Crippen LogP contribution in [0.25, 0.3) is 0 Å². The number of benzene rings is 1. The van der Waals surface area contributed by atoms with Gasteiger partial charge in [-0.05, 0) is 55.4 Å². The number of fused-ring (bicyclic) bond motifs is 1. The highest BCUT2D eigenvalue weighted by atomic mass is 16.3. The Morgan fingerprint density at radius 2 is 2.00 bits per heavy atom. The zero-order chi connectivity index (χ0) is 12.5. The number of nitrogens with zero attached hydrogens (tertiary/aromatic N) is 1. The van der Waals surface area contributed by atoms with Crippen molar-refractivity contribution in [1.29, 1.82) is 0 Å². The first-order chi connectivity index (χ1) is 8.74. The molecular weight excluding hydrogens is 226 g/mol. The molecule has 1 aliphatic heterocycles. The van der Waals surface area contributed by atoms with E-state index in [9.17, 15) is 9.90 Å². The SMILES string of the molecule is O=C(c1ccc2c(c1)CCCC2)N1CC[C@@H](O)C1. The molecule has 1 N–H and O–H groups in total. The molecule has 3 rings (SSSR count). The van der Waals surface area contributed by atoms with E-state index in [1.54, 1.807) is 4.90 Å². The van der Waals surface area contributed by atoms with Gasteiger partial charge in [0.05, 0.1) is 6.10 Å². The van der Waals surface area contributed by atoms with Crippen LogP contribution >= 0.6 is 0 Å². The number of carbonyl (C=O) groups excluding carboxylic acids is 1. The van der Waals surface area contributed by atoms with Gasteiger partial charge in [-0.1, -0.05) is 6.07 Å². The molecule has 0 aromatic heterocycles. The quantitative estimate of drug-likeness (QED) is 0.819. The van der Waals surface area contributed by atoms with Gasteiger partial charge < -0.3 is 10.0 Å².